The number of ether oxygens (including phenoxy) is 3. The summed E-state index contributed by atoms with van der Waals surface area (Å²) in [7, 11) is 1.58. The van der Waals surface area contributed by atoms with Gasteiger partial charge in [-0.2, -0.15) is 0 Å². The SMILES string of the molecule is CCOc1cc(CNc2ccc(OC)c(Cl)c2)c(Cl)cc1OCc1ccc(Cl)cc1. The van der Waals surface area contributed by atoms with Gasteiger partial charge in [0, 0.05) is 28.3 Å². The van der Waals surface area contributed by atoms with Crippen molar-refractivity contribution in [3.8, 4) is 17.2 Å². The van der Waals surface area contributed by atoms with E-state index in [2.05, 4.69) is 5.32 Å². The minimum atomic E-state index is 0.384. The normalized spacial score (nSPS) is 10.6. The molecule has 158 valence electrons. The molecule has 7 heteroatoms. The molecule has 0 aromatic heterocycles. The Morgan fingerprint density at radius 2 is 1.53 bits per heavy atom. The number of methoxy groups -OCH3 is 1. The van der Waals surface area contributed by atoms with Crippen LogP contribution >= 0.6 is 34.8 Å². The zero-order valence-corrected chi connectivity index (χ0v) is 18.9. The van der Waals surface area contributed by atoms with Gasteiger partial charge in [-0.1, -0.05) is 46.9 Å². The van der Waals surface area contributed by atoms with Gasteiger partial charge in [0.15, 0.2) is 11.5 Å². The molecule has 0 atom stereocenters. The summed E-state index contributed by atoms with van der Waals surface area (Å²) >= 11 is 18.6. The topological polar surface area (TPSA) is 39.7 Å². The van der Waals surface area contributed by atoms with Crippen LogP contribution in [0.1, 0.15) is 18.1 Å². The average Bonchev–Trinajstić information content (AvgIpc) is 2.74. The maximum absolute atomic E-state index is 6.51. The van der Waals surface area contributed by atoms with Crippen LogP contribution in [0.4, 0.5) is 5.69 Å². The van der Waals surface area contributed by atoms with E-state index in [1.54, 1.807) is 19.2 Å². The second-order valence-electron chi connectivity index (χ2n) is 6.44. The van der Waals surface area contributed by atoms with Crippen molar-refractivity contribution in [3.05, 3.63) is 80.8 Å². The standard InChI is InChI=1S/C23H22Cl3NO3/c1-3-29-22-10-16(13-27-18-8-9-21(28-2)20(26)11-18)19(25)12-23(22)30-14-15-4-6-17(24)7-5-15/h4-12,27H,3,13-14H2,1-2H3. The molecule has 0 aliphatic heterocycles. The number of hydrogen-bond acceptors (Lipinski definition) is 4. The Kier molecular flexibility index (Phi) is 7.97. The van der Waals surface area contributed by atoms with Gasteiger partial charge in [0.1, 0.15) is 12.4 Å². The van der Waals surface area contributed by atoms with Crippen LogP contribution in [0, 0.1) is 0 Å². The summed E-state index contributed by atoms with van der Waals surface area (Å²) in [5.41, 5.74) is 2.74. The van der Waals surface area contributed by atoms with Gasteiger partial charge in [0.2, 0.25) is 0 Å². The van der Waals surface area contributed by atoms with Crippen molar-refractivity contribution < 1.29 is 14.2 Å². The molecule has 0 saturated carbocycles. The van der Waals surface area contributed by atoms with Crippen LogP contribution in [-0.4, -0.2) is 13.7 Å². The van der Waals surface area contributed by atoms with Gasteiger partial charge < -0.3 is 19.5 Å². The Hall–Kier alpha value is -2.27. The minimum Gasteiger partial charge on any atom is -0.495 e. The molecule has 4 nitrogen and oxygen atoms in total. The van der Waals surface area contributed by atoms with Crippen molar-refractivity contribution >= 4 is 40.5 Å². The molecule has 3 rings (SSSR count). The van der Waals surface area contributed by atoms with Crippen LogP contribution in [0.25, 0.3) is 0 Å². The Labute approximate surface area is 191 Å². The summed E-state index contributed by atoms with van der Waals surface area (Å²) in [6.45, 7) is 3.32. The predicted octanol–water partition coefficient (Wildman–Crippen LogP) is 7.25. The third-order valence-electron chi connectivity index (χ3n) is 4.35. The number of nitrogens with one attached hydrogen (secondary N) is 1. The first kappa shape index (κ1) is 22.4. The summed E-state index contributed by atoms with van der Waals surface area (Å²) in [5, 5.41) is 5.12. The molecule has 0 aliphatic rings. The molecular weight excluding hydrogens is 445 g/mol. The molecule has 0 saturated heterocycles. The lowest BCUT2D eigenvalue weighted by atomic mass is 10.2. The van der Waals surface area contributed by atoms with Gasteiger partial charge >= 0.3 is 0 Å². The Bertz CT molecular complexity index is 994. The number of rotatable bonds is 9. The van der Waals surface area contributed by atoms with E-state index in [-0.39, 0.29) is 0 Å². The molecular formula is C23H22Cl3NO3. The molecule has 0 amide bonds. The highest BCUT2D eigenvalue weighted by Crippen LogP contribution is 2.35. The number of benzene rings is 3. The monoisotopic (exact) mass is 465 g/mol. The fourth-order valence-electron chi connectivity index (χ4n) is 2.81. The van der Waals surface area contributed by atoms with Gasteiger partial charge in [0.05, 0.1) is 18.7 Å². The van der Waals surface area contributed by atoms with Crippen LogP contribution in [-0.2, 0) is 13.2 Å². The second kappa shape index (κ2) is 10.7. The van der Waals surface area contributed by atoms with Crippen molar-refractivity contribution in [1.82, 2.24) is 0 Å². The second-order valence-corrected chi connectivity index (χ2v) is 7.69. The zero-order chi connectivity index (χ0) is 21.5. The predicted molar refractivity (Wildman–Crippen MR) is 124 cm³/mol. The molecule has 1 N–H and O–H groups in total. The van der Waals surface area contributed by atoms with Crippen LogP contribution in [0.2, 0.25) is 15.1 Å². The van der Waals surface area contributed by atoms with E-state index >= 15 is 0 Å². The minimum absolute atomic E-state index is 0.384. The van der Waals surface area contributed by atoms with Gasteiger partial charge in [-0.15, -0.1) is 0 Å². The van der Waals surface area contributed by atoms with Crippen molar-refractivity contribution in [1.29, 1.82) is 0 Å². The molecule has 0 aliphatic carbocycles. The first-order valence-electron chi connectivity index (χ1n) is 9.40. The maximum atomic E-state index is 6.51. The highest BCUT2D eigenvalue weighted by Gasteiger charge is 2.12. The Morgan fingerprint density at radius 3 is 2.20 bits per heavy atom. The molecule has 0 bridgehead atoms. The molecule has 3 aromatic carbocycles. The summed E-state index contributed by atoms with van der Waals surface area (Å²) in [6.07, 6.45) is 0. The van der Waals surface area contributed by atoms with E-state index in [0.29, 0.717) is 52.1 Å². The summed E-state index contributed by atoms with van der Waals surface area (Å²) < 4.78 is 16.9. The van der Waals surface area contributed by atoms with E-state index in [4.69, 9.17) is 49.0 Å². The van der Waals surface area contributed by atoms with Gasteiger partial charge in [0.25, 0.3) is 0 Å². The maximum Gasteiger partial charge on any atom is 0.163 e. The highest BCUT2D eigenvalue weighted by atomic mass is 35.5. The van der Waals surface area contributed by atoms with Crippen molar-refractivity contribution in [3.63, 3.8) is 0 Å². The third-order valence-corrected chi connectivity index (χ3v) is 5.25. The van der Waals surface area contributed by atoms with E-state index in [0.717, 1.165) is 16.8 Å². The number of hydrogen-bond donors (Lipinski definition) is 1. The third kappa shape index (κ3) is 5.88. The van der Waals surface area contributed by atoms with Crippen molar-refractivity contribution in [2.75, 3.05) is 19.0 Å². The molecule has 0 heterocycles. The summed E-state index contributed by atoms with van der Waals surface area (Å²) in [5.74, 6) is 1.86. The lowest BCUT2D eigenvalue weighted by Crippen LogP contribution is -2.04. The molecule has 3 aromatic rings. The zero-order valence-electron chi connectivity index (χ0n) is 16.7. The first-order valence-corrected chi connectivity index (χ1v) is 10.5. The average molecular weight is 467 g/mol. The number of anilines is 1. The van der Waals surface area contributed by atoms with Crippen LogP contribution < -0.4 is 19.5 Å². The van der Waals surface area contributed by atoms with Crippen molar-refractivity contribution in [2.24, 2.45) is 0 Å². The van der Waals surface area contributed by atoms with Gasteiger partial charge in [-0.25, -0.2) is 0 Å². The summed E-state index contributed by atoms with van der Waals surface area (Å²) in [4.78, 5) is 0. The van der Waals surface area contributed by atoms with E-state index in [9.17, 15) is 0 Å². The van der Waals surface area contributed by atoms with Crippen LogP contribution in [0.5, 0.6) is 17.2 Å². The van der Waals surface area contributed by atoms with Crippen LogP contribution in [0.3, 0.4) is 0 Å². The molecule has 0 fully saturated rings. The summed E-state index contributed by atoms with van der Waals surface area (Å²) in [6, 6.07) is 16.7. The first-order chi connectivity index (χ1) is 14.5. The quantitative estimate of drug-likeness (QED) is 0.360. The molecule has 30 heavy (non-hydrogen) atoms. The molecule has 0 unspecified atom stereocenters. The molecule has 0 radical (unpaired) electrons. The Balaban J connectivity index is 1.73. The largest absolute Gasteiger partial charge is 0.495 e. The fourth-order valence-corrected chi connectivity index (χ4v) is 3.41. The lowest BCUT2D eigenvalue weighted by molar-refractivity contribution is 0.269. The van der Waals surface area contributed by atoms with E-state index in [1.165, 1.54) is 0 Å². The fraction of sp³-hybridized carbons (Fsp3) is 0.217. The Morgan fingerprint density at radius 1 is 0.800 bits per heavy atom. The number of halogens is 3. The molecule has 0 spiro atoms. The van der Waals surface area contributed by atoms with E-state index in [1.807, 2.05) is 49.4 Å². The smallest absolute Gasteiger partial charge is 0.163 e. The van der Waals surface area contributed by atoms with Gasteiger partial charge in [-0.3, -0.25) is 0 Å². The van der Waals surface area contributed by atoms with E-state index < -0.39 is 0 Å². The van der Waals surface area contributed by atoms with Gasteiger partial charge in [-0.05, 0) is 54.4 Å². The highest BCUT2D eigenvalue weighted by molar-refractivity contribution is 6.32. The van der Waals surface area contributed by atoms with Crippen molar-refractivity contribution in [2.45, 2.75) is 20.1 Å². The van der Waals surface area contributed by atoms with Crippen LogP contribution in [0.15, 0.2) is 54.6 Å². The lowest BCUT2D eigenvalue weighted by Gasteiger charge is -2.16.